The lowest BCUT2D eigenvalue weighted by Crippen LogP contribution is -2.45. The van der Waals surface area contributed by atoms with Gasteiger partial charge < -0.3 is 10.1 Å². The molecule has 1 aliphatic rings. The van der Waals surface area contributed by atoms with Gasteiger partial charge in [-0.15, -0.1) is 0 Å². The summed E-state index contributed by atoms with van der Waals surface area (Å²) >= 11 is 3.32. The van der Waals surface area contributed by atoms with Crippen LogP contribution in [-0.2, 0) is 4.74 Å². The number of ether oxygens (including phenoxy) is 1. The van der Waals surface area contributed by atoms with E-state index in [1.807, 2.05) is 6.07 Å². The standard InChI is InChI=1S/C11H13BrFNO/c1-11(6-15-7-11)5-14-10-8(12)3-2-4-9(10)13/h2-4,14H,5-7H2,1H3. The first kappa shape index (κ1) is 10.9. The molecule has 0 amide bonds. The summed E-state index contributed by atoms with van der Waals surface area (Å²) in [5, 5.41) is 3.12. The number of rotatable bonds is 3. The Morgan fingerprint density at radius 3 is 2.80 bits per heavy atom. The van der Waals surface area contributed by atoms with E-state index in [2.05, 4.69) is 28.2 Å². The molecule has 1 heterocycles. The minimum absolute atomic E-state index is 0.141. The predicted molar refractivity (Wildman–Crippen MR) is 61.5 cm³/mol. The van der Waals surface area contributed by atoms with E-state index in [1.165, 1.54) is 6.07 Å². The number of benzene rings is 1. The fourth-order valence-corrected chi connectivity index (χ4v) is 2.00. The van der Waals surface area contributed by atoms with Crippen LogP contribution >= 0.6 is 15.9 Å². The van der Waals surface area contributed by atoms with Gasteiger partial charge in [0.2, 0.25) is 0 Å². The van der Waals surface area contributed by atoms with Crippen LogP contribution in [0.1, 0.15) is 6.92 Å². The maximum Gasteiger partial charge on any atom is 0.147 e. The van der Waals surface area contributed by atoms with E-state index in [0.29, 0.717) is 5.69 Å². The molecule has 1 aliphatic heterocycles. The summed E-state index contributed by atoms with van der Waals surface area (Å²) in [5.74, 6) is -0.229. The number of hydrogen-bond donors (Lipinski definition) is 1. The lowest BCUT2D eigenvalue weighted by molar-refractivity contribution is -0.0924. The largest absolute Gasteiger partial charge is 0.381 e. The van der Waals surface area contributed by atoms with E-state index in [1.54, 1.807) is 6.07 Å². The minimum atomic E-state index is -0.229. The summed E-state index contributed by atoms with van der Waals surface area (Å²) in [6, 6.07) is 4.95. The molecule has 1 saturated heterocycles. The third kappa shape index (κ3) is 2.32. The second-order valence-electron chi connectivity index (χ2n) is 4.25. The van der Waals surface area contributed by atoms with Crippen molar-refractivity contribution in [3.63, 3.8) is 0 Å². The third-order valence-electron chi connectivity index (χ3n) is 2.56. The summed E-state index contributed by atoms with van der Waals surface area (Å²) in [5.41, 5.74) is 0.674. The summed E-state index contributed by atoms with van der Waals surface area (Å²) in [4.78, 5) is 0. The van der Waals surface area contributed by atoms with Crippen LogP contribution in [0.25, 0.3) is 0 Å². The van der Waals surface area contributed by atoms with Gasteiger partial charge in [0.15, 0.2) is 0 Å². The molecule has 0 bridgehead atoms. The molecule has 1 fully saturated rings. The highest BCUT2D eigenvalue weighted by Crippen LogP contribution is 2.30. The number of anilines is 1. The van der Waals surface area contributed by atoms with Crippen molar-refractivity contribution in [2.24, 2.45) is 5.41 Å². The Labute approximate surface area is 96.9 Å². The Hall–Kier alpha value is -0.610. The number of para-hydroxylation sites is 1. The topological polar surface area (TPSA) is 21.3 Å². The zero-order valence-electron chi connectivity index (χ0n) is 8.52. The van der Waals surface area contributed by atoms with Crippen LogP contribution in [0.4, 0.5) is 10.1 Å². The molecule has 4 heteroatoms. The normalized spacial score (nSPS) is 18.3. The molecule has 1 aromatic rings. The van der Waals surface area contributed by atoms with Gasteiger partial charge in [0, 0.05) is 16.4 Å². The van der Waals surface area contributed by atoms with Crippen molar-refractivity contribution in [2.45, 2.75) is 6.92 Å². The van der Waals surface area contributed by atoms with Gasteiger partial charge in [-0.1, -0.05) is 13.0 Å². The first-order valence-electron chi connectivity index (χ1n) is 4.86. The van der Waals surface area contributed by atoms with Gasteiger partial charge in [-0.3, -0.25) is 0 Å². The molecule has 1 aromatic carbocycles. The second-order valence-corrected chi connectivity index (χ2v) is 5.11. The molecule has 1 N–H and O–H groups in total. The molecule has 2 rings (SSSR count). The molecule has 0 aliphatic carbocycles. The van der Waals surface area contributed by atoms with Gasteiger partial charge in [-0.2, -0.15) is 0 Å². The molecule has 0 saturated carbocycles. The minimum Gasteiger partial charge on any atom is -0.381 e. The van der Waals surface area contributed by atoms with Gasteiger partial charge in [0.25, 0.3) is 0 Å². The van der Waals surface area contributed by atoms with Crippen LogP contribution in [0.15, 0.2) is 22.7 Å². The zero-order valence-corrected chi connectivity index (χ0v) is 10.1. The van der Waals surface area contributed by atoms with Crippen LogP contribution in [0.5, 0.6) is 0 Å². The van der Waals surface area contributed by atoms with Crippen molar-refractivity contribution in [1.29, 1.82) is 0 Å². The van der Waals surface area contributed by atoms with Gasteiger partial charge in [-0.25, -0.2) is 4.39 Å². The monoisotopic (exact) mass is 273 g/mol. The second kappa shape index (κ2) is 4.10. The van der Waals surface area contributed by atoms with E-state index >= 15 is 0 Å². The Kier molecular flexibility index (Phi) is 2.98. The molecule has 15 heavy (non-hydrogen) atoms. The Morgan fingerprint density at radius 1 is 1.53 bits per heavy atom. The smallest absolute Gasteiger partial charge is 0.147 e. The zero-order chi connectivity index (χ0) is 10.9. The average molecular weight is 274 g/mol. The van der Waals surface area contributed by atoms with Crippen molar-refractivity contribution in [1.82, 2.24) is 0 Å². The SMILES string of the molecule is CC1(CNc2c(F)cccc2Br)COC1. The molecule has 0 aromatic heterocycles. The van der Waals surface area contributed by atoms with Gasteiger partial charge in [0.05, 0.1) is 18.9 Å². The Bertz CT molecular complexity index is 345. The van der Waals surface area contributed by atoms with E-state index in [9.17, 15) is 4.39 Å². The summed E-state index contributed by atoms with van der Waals surface area (Å²) in [6.07, 6.45) is 0. The summed E-state index contributed by atoms with van der Waals surface area (Å²) in [6.45, 7) is 4.34. The highest BCUT2D eigenvalue weighted by atomic mass is 79.9. The number of nitrogens with one attached hydrogen (secondary N) is 1. The van der Waals surface area contributed by atoms with E-state index in [-0.39, 0.29) is 11.2 Å². The van der Waals surface area contributed by atoms with Gasteiger partial charge in [-0.05, 0) is 28.1 Å². The lowest BCUT2D eigenvalue weighted by Gasteiger charge is -2.38. The molecule has 0 spiro atoms. The van der Waals surface area contributed by atoms with Crippen LogP contribution in [0.3, 0.4) is 0 Å². The lowest BCUT2D eigenvalue weighted by atomic mass is 9.89. The van der Waals surface area contributed by atoms with Crippen molar-refractivity contribution >= 4 is 21.6 Å². The maximum absolute atomic E-state index is 13.4. The number of hydrogen-bond acceptors (Lipinski definition) is 2. The molecule has 0 radical (unpaired) electrons. The highest BCUT2D eigenvalue weighted by Gasteiger charge is 2.33. The Morgan fingerprint density at radius 2 is 2.27 bits per heavy atom. The van der Waals surface area contributed by atoms with Crippen molar-refractivity contribution < 1.29 is 9.13 Å². The fraction of sp³-hybridized carbons (Fsp3) is 0.455. The fourth-order valence-electron chi connectivity index (χ4n) is 1.52. The van der Waals surface area contributed by atoms with E-state index < -0.39 is 0 Å². The van der Waals surface area contributed by atoms with Gasteiger partial charge in [0.1, 0.15) is 5.82 Å². The van der Waals surface area contributed by atoms with Crippen LogP contribution in [0.2, 0.25) is 0 Å². The average Bonchev–Trinajstić information content (AvgIpc) is 2.14. The van der Waals surface area contributed by atoms with Crippen LogP contribution < -0.4 is 5.32 Å². The van der Waals surface area contributed by atoms with Crippen molar-refractivity contribution in [3.05, 3.63) is 28.5 Å². The third-order valence-corrected chi connectivity index (χ3v) is 3.22. The van der Waals surface area contributed by atoms with Crippen molar-refractivity contribution in [2.75, 3.05) is 25.1 Å². The quantitative estimate of drug-likeness (QED) is 0.914. The first-order valence-corrected chi connectivity index (χ1v) is 5.66. The Balaban J connectivity index is 2.04. The molecular formula is C11H13BrFNO. The molecule has 2 nitrogen and oxygen atoms in total. The first-order chi connectivity index (χ1) is 7.11. The van der Waals surface area contributed by atoms with E-state index in [4.69, 9.17) is 4.74 Å². The molecule has 0 atom stereocenters. The van der Waals surface area contributed by atoms with E-state index in [0.717, 1.165) is 24.2 Å². The highest BCUT2D eigenvalue weighted by molar-refractivity contribution is 9.10. The number of halogens is 2. The summed E-state index contributed by atoms with van der Waals surface area (Å²) < 4.78 is 19.3. The van der Waals surface area contributed by atoms with Crippen molar-refractivity contribution in [3.8, 4) is 0 Å². The van der Waals surface area contributed by atoms with Gasteiger partial charge >= 0.3 is 0 Å². The van der Waals surface area contributed by atoms with Crippen LogP contribution in [-0.4, -0.2) is 19.8 Å². The predicted octanol–water partition coefficient (Wildman–Crippen LogP) is 3.04. The molecule has 82 valence electrons. The summed E-state index contributed by atoms with van der Waals surface area (Å²) in [7, 11) is 0. The van der Waals surface area contributed by atoms with Crippen LogP contribution in [0, 0.1) is 11.2 Å². The molecule has 0 unspecified atom stereocenters. The maximum atomic E-state index is 13.4. The molecular weight excluding hydrogens is 261 g/mol.